The van der Waals surface area contributed by atoms with Gasteiger partial charge < -0.3 is 15.0 Å². The van der Waals surface area contributed by atoms with Crippen molar-refractivity contribution in [1.29, 1.82) is 0 Å². The summed E-state index contributed by atoms with van der Waals surface area (Å²) in [5.41, 5.74) is 2.93. The van der Waals surface area contributed by atoms with Crippen molar-refractivity contribution in [2.75, 3.05) is 25.0 Å². The molecule has 4 rings (SSSR count). The van der Waals surface area contributed by atoms with E-state index in [1.807, 2.05) is 17.9 Å². The molecule has 3 aromatic rings. The molecule has 9 heteroatoms. The maximum Gasteiger partial charge on any atom is 0.262 e. The van der Waals surface area contributed by atoms with Crippen LogP contribution in [0.2, 0.25) is 0 Å². The zero-order valence-electron chi connectivity index (χ0n) is 16.6. The van der Waals surface area contributed by atoms with Crippen molar-refractivity contribution in [2.24, 2.45) is 0 Å². The van der Waals surface area contributed by atoms with E-state index in [1.165, 1.54) is 11.0 Å². The molecule has 0 radical (unpaired) electrons. The van der Waals surface area contributed by atoms with Crippen molar-refractivity contribution in [2.45, 2.75) is 19.8 Å². The molecule has 1 aliphatic rings. The number of carbonyl (C=O) groups is 2. The number of rotatable bonds is 6. The predicted octanol–water partition coefficient (Wildman–Crippen LogP) is 2.22. The van der Waals surface area contributed by atoms with Crippen LogP contribution >= 0.6 is 0 Å². The Kier molecular flexibility index (Phi) is 5.69. The van der Waals surface area contributed by atoms with Gasteiger partial charge in [-0.05, 0) is 78.2 Å². The topological polar surface area (TPSA) is 102 Å². The smallest absolute Gasteiger partial charge is 0.262 e. The molecule has 0 spiro atoms. The van der Waals surface area contributed by atoms with Gasteiger partial charge in [0.2, 0.25) is 0 Å². The van der Waals surface area contributed by atoms with E-state index in [0.717, 1.165) is 37.2 Å². The first-order valence-corrected chi connectivity index (χ1v) is 9.76. The Labute approximate surface area is 173 Å². The lowest BCUT2D eigenvalue weighted by molar-refractivity contribution is -0.118. The molecule has 1 N–H and O–H groups in total. The first kappa shape index (κ1) is 19.6. The zero-order chi connectivity index (χ0) is 20.9. The summed E-state index contributed by atoms with van der Waals surface area (Å²) in [5.74, 6) is 0.327. The minimum Gasteiger partial charge on any atom is -0.484 e. The van der Waals surface area contributed by atoms with Gasteiger partial charge in [-0.2, -0.15) is 0 Å². The Morgan fingerprint density at radius 1 is 1.10 bits per heavy atom. The lowest BCUT2D eigenvalue weighted by atomic mass is 10.1. The predicted molar refractivity (Wildman–Crippen MR) is 110 cm³/mol. The number of amides is 2. The van der Waals surface area contributed by atoms with Crippen LogP contribution in [0, 0.1) is 6.92 Å². The molecule has 1 saturated heterocycles. The number of ether oxygens (including phenoxy) is 1. The van der Waals surface area contributed by atoms with E-state index < -0.39 is 0 Å². The highest BCUT2D eigenvalue weighted by molar-refractivity contribution is 5.97. The fourth-order valence-corrected chi connectivity index (χ4v) is 3.35. The van der Waals surface area contributed by atoms with E-state index >= 15 is 0 Å². The van der Waals surface area contributed by atoms with Crippen molar-refractivity contribution >= 4 is 17.5 Å². The Bertz CT molecular complexity index is 1030. The first-order valence-electron chi connectivity index (χ1n) is 9.76. The van der Waals surface area contributed by atoms with Crippen LogP contribution in [-0.2, 0) is 4.79 Å². The Morgan fingerprint density at radius 2 is 1.87 bits per heavy atom. The molecule has 30 heavy (non-hydrogen) atoms. The van der Waals surface area contributed by atoms with Crippen molar-refractivity contribution in [3.05, 3.63) is 59.9 Å². The van der Waals surface area contributed by atoms with Gasteiger partial charge in [0.15, 0.2) is 6.61 Å². The third kappa shape index (κ3) is 4.45. The van der Waals surface area contributed by atoms with Crippen molar-refractivity contribution in [1.82, 2.24) is 25.1 Å². The number of likely N-dealkylation sites (tertiary alicyclic amines) is 1. The molecular weight excluding hydrogens is 384 g/mol. The highest BCUT2D eigenvalue weighted by Crippen LogP contribution is 2.20. The lowest BCUT2D eigenvalue weighted by Gasteiger charge is -2.16. The summed E-state index contributed by atoms with van der Waals surface area (Å²) in [6.45, 7) is 3.36. The second-order valence-electron chi connectivity index (χ2n) is 7.11. The Balaban J connectivity index is 1.32. The molecule has 154 valence electrons. The van der Waals surface area contributed by atoms with Gasteiger partial charge in [0.1, 0.15) is 12.1 Å². The average Bonchev–Trinajstić information content (AvgIpc) is 3.48. The van der Waals surface area contributed by atoms with E-state index in [-0.39, 0.29) is 18.4 Å². The third-order valence-electron chi connectivity index (χ3n) is 4.96. The molecule has 0 atom stereocenters. The summed E-state index contributed by atoms with van der Waals surface area (Å²) in [5, 5.41) is 13.8. The van der Waals surface area contributed by atoms with Crippen LogP contribution in [0.1, 0.15) is 28.8 Å². The molecular formula is C21H22N6O3. The molecule has 1 aromatic heterocycles. The van der Waals surface area contributed by atoms with E-state index in [2.05, 4.69) is 20.8 Å². The summed E-state index contributed by atoms with van der Waals surface area (Å²) < 4.78 is 7.07. The number of aromatic nitrogens is 4. The second-order valence-corrected chi connectivity index (χ2v) is 7.11. The van der Waals surface area contributed by atoms with Crippen LogP contribution in [0.25, 0.3) is 5.69 Å². The van der Waals surface area contributed by atoms with E-state index in [9.17, 15) is 9.59 Å². The summed E-state index contributed by atoms with van der Waals surface area (Å²) in [6, 6.07) is 12.4. The molecule has 1 fully saturated rings. The normalized spacial score (nSPS) is 13.3. The summed E-state index contributed by atoms with van der Waals surface area (Å²) in [6.07, 6.45) is 3.61. The highest BCUT2D eigenvalue weighted by Gasteiger charge is 2.20. The van der Waals surface area contributed by atoms with Crippen molar-refractivity contribution in [3.8, 4) is 11.4 Å². The number of hydrogen-bond acceptors (Lipinski definition) is 6. The number of nitrogens with one attached hydrogen (secondary N) is 1. The molecule has 2 amide bonds. The maximum absolute atomic E-state index is 12.5. The maximum atomic E-state index is 12.5. The van der Waals surface area contributed by atoms with Crippen LogP contribution in [0.15, 0.2) is 48.8 Å². The molecule has 0 aliphatic carbocycles. The standard InChI is InChI=1S/C21H22N6O3/c1-15-12-16(21(29)26-10-2-3-11-26)4-9-19(15)23-20(28)13-30-18-7-5-17(6-8-18)27-14-22-24-25-27/h4-9,12,14H,2-3,10-11,13H2,1H3,(H,23,28). The van der Waals surface area contributed by atoms with Crippen LogP contribution in [0.4, 0.5) is 5.69 Å². The number of carbonyl (C=O) groups excluding carboxylic acids is 2. The van der Waals surface area contributed by atoms with Gasteiger partial charge in [0.25, 0.3) is 11.8 Å². The van der Waals surface area contributed by atoms with Gasteiger partial charge in [-0.1, -0.05) is 0 Å². The van der Waals surface area contributed by atoms with Crippen molar-refractivity contribution in [3.63, 3.8) is 0 Å². The van der Waals surface area contributed by atoms with Crippen molar-refractivity contribution < 1.29 is 14.3 Å². The van der Waals surface area contributed by atoms with Crippen LogP contribution in [0.3, 0.4) is 0 Å². The Hall–Kier alpha value is -3.75. The molecule has 2 aromatic carbocycles. The minimum absolute atomic E-state index is 0.0435. The van der Waals surface area contributed by atoms with E-state index in [0.29, 0.717) is 17.0 Å². The summed E-state index contributed by atoms with van der Waals surface area (Å²) in [4.78, 5) is 26.6. The fourth-order valence-electron chi connectivity index (χ4n) is 3.35. The molecule has 1 aliphatic heterocycles. The highest BCUT2D eigenvalue weighted by atomic mass is 16.5. The van der Waals surface area contributed by atoms with Crippen LogP contribution in [0.5, 0.6) is 5.75 Å². The SMILES string of the molecule is Cc1cc(C(=O)N2CCCC2)ccc1NC(=O)COc1ccc(-n2cnnn2)cc1. The molecule has 0 unspecified atom stereocenters. The number of anilines is 1. The largest absolute Gasteiger partial charge is 0.484 e. The summed E-state index contributed by atoms with van der Waals surface area (Å²) in [7, 11) is 0. The fraction of sp³-hybridized carbons (Fsp3) is 0.286. The average molecular weight is 406 g/mol. The quantitative estimate of drug-likeness (QED) is 0.673. The van der Waals surface area contributed by atoms with Gasteiger partial charge in [-0.3, -0.25) is 9.59 Å². The Morgan fingerprint density at radius 3 is 2.53 bits per heavy atom. The lowest BCUT2D eigenvalue weighted by Crippen LogP contribution is -2.27. The van der Waals surface area contributed by atoms with Gasteiger partial charge in [0, 0.05) is 24.3 Å². The monoisotopic (exact) mass is 406 g/mol. The van der Waals surface area contributed by atoms with E-state index in [4.69, 9.17) is 4.74 Å². The molecule has 2 heterocycles. The number of hydrogen-bond donors (Lipinski definition) is 1. The number of tetrazole rings is 1. The van der Waals surface area contributed by atoms with Crippen LogP contribution < -0.4 is 10.1 Å². The van der Waals surface area contributed by atoms with Gasteiger partial charge in [-0.15, -0.1) is 5.10 Å². The van der Waals surface area contributed by atoms with Gasteiger partial charge in [-0.25, -0.2) is 4.68 Å². The van der Waals surface area contributed by atoms with Gasteiger partial charge in [0.05, 0.1) is 5.69 Å². The molecule has 0 bridgehead atoms. The number of benzene rings is 2. The minimum atomic E-state index is -0.277. The van der Waals surface area contributed by atoms with E-state index in [1.54, 1.807) is 36.4 Å². The van der Waals surface area contributed by atoms with Crippen LogP contribution in [-0.4, -0.2) is 56.6 Å². The third-order valence-corrected chi connectivity index (χ3v) is 4.96. The van der Waals surface area contributed by atoms with Gasteiger partial charge >= 0.3 is 0 Å². The molecule has 9 nitrogen and oxygen atoms in total. The summed E-state index contributed by atoms with van der Waals surface area (Å²) >= 11 is 0. The number of nitrogens with zero attached hydrogens (tertiary/aromatic N) is 5. The molecule has 0 saturated carbocycles. The second kappa shape index (κ2) is 8.73. The number of aryl methyl sites for hydroxylation is 1. The first-order chi connectivity index (χ1) is 14.6. The zero-order valence-corrected chi connectivity index (χ0v) is 16.6.